The molecule has 0 aliphatic carbocycles. The van der Waals surface area contributed by atoms with E-state index in [-0.39, 0.29) is 0 Å². The first-order valence-corrected chi connectivity index (χ1v) is 6.11. The zero-order valence-electron chi connectivity index (χ0n) is 10.6. The predicted molar refractivity (Wildman–Crippen MR) is 69.8 cm³/mol. The lowest BCUT2D eigenvalue weighted by atomic mass is 10.1. The fourth-order valence-electron chi connectivity index (χ4n) is 2.11. The molecule has 0 aliphatic rings. The number of pyridine rings is 1. The quantitative estimate of drug-likeness (QED) is 0.801. The van der Waals surface area contributed by atoms with E-state index in [4.69, 9.17) is 5.73 Å². The Kier molecular flexibility index (Phi) is 5.26. The van der Waals surface area contributed by atoms with Crippen LogP contribution in [0.5, 0.6) is 0 Å². The highest BCUT2D eigenvalue weighted by atomic mass is 15.2. The summed E-state index contributed by atoms with van der Waals surface area (Å²) in [6.45, 7) is 5.11. The Bertz CT molecular complexity index is 308. The second kappa shape index (κ2) is 6.48. The third-order valence-electron chi connectivity index (χ3n) is 3.11. The number of rotatable bonds is 6. The third kappa shape index (κ3) is 2.95. The molecule has 16 heavy (non-hydrogen) atoms. The van der Waals surface area contributed by atoms with E-state index in [2.05, 4.69) is 36.8 Å². The van der Waals surface area contributed by atoms with Crippen molar-refractivity contribution in [3.63, 3.8) is 0 Å². The van der Waals surface area contributed by atoms with Gasteiger partial charge in [0.1, 0.15) is 5.82 Å². The van der Waals surface area contributed by atoms with E-state index in [1.54, 1.807) is 0 Å². The average Bonchev–Trinajstić information content (AvgIpc) is 2.31. The Balaban J connectivity index is 2.92. The minimum atomic E-state index is 0.562. The molecule has 0 aliphatic heterocycles. The van der Waals surface area contributed by atoms with E-state index < -0.39 is 0 Å². The van der Waals surface area contributed by atoms with Crippen LogP contribution in [0.2, 0.25) is 0 Å². The van der Waals surface area contributed by atoms with Crippen LogP contribution in [0.1, 0.15) is 32.3 Å². The Hall–Kier alpha value is -1.09. The zero-order chi connectivity index (χ0) is 12.0. The SMILES string of the molecule is CCC(CC)N(C)c1ncccc1CCN. The summed E-state index contributed by atoms with van der Waals surface area (Å²) in [6.07, 6.45) is 5.04. The smallest absolute Gasteiger partial charge is 0.131 e. The molecule has 0 amide bonds. The summed E-state index contributed by atoms with van der Waals surface area (Å²) in [5.74, 6) is 1.08. The Labute approximate surface area is 98.7 Å². The van der Waals surface area contributed by atoms with Crippen LogP contribution in [-0.4, -0.2) is 24.6 Å². The van der Waals surface area contributed by atoms with Gasteiger partial charge in [0.05, 0.1) is 0 Å². The van der Waals surface area contributed by atoms with Crippen molar-refractivity contribution in [2.45, 2.75) is 39.2 Å². The molecule has 0 spiro atoms. The van der Waals surface area contributed by atoms with E-state index in [9.17, 15) is 0 Å². The van der Waals surface area contributed by atoms with Crippen molar-refractivity contribution >= 4 is 5.82 Å². The monoisotopic (exact) mass is 221 g/mol. The molecule has 0 radical (unpaired) electrons. The van der Waals surface area contributed by atoms with Gasteiger partial charge < -0.3 is 10.6 Å². The first-order valence-electron chi connectivity index (χ1n) is 6.11. The minimum absolute atomic E-state index is 0.562. The highest BCUT2D eigenvalue weighted by molar-refractivity contribution is 5.47. The summed E-state index contributed by atoms with van der Waals surface area (Å²) in [5, 5.41) is 0. The Morgan fingerprint density at radius 1 is 1.38 bits per heavy atom. The van der Waals surface area contributed by atoms with Gasteiger partial charge in [-0.1, -0.05) is 19.9 Å². The molecule has 90 valence electrons. The first-order chi connectivity index (χ1) is 7.74. The number of hydrogen-bond acceptors (Lipinski definition) is 3. The van der Waals surface area contributed by atoms with E-state index >= 15 is 0 Å². The molecule has 1 rings (SSSR count). The van der Waals surface area contributed by atoms with Gasteiger partial charge in [0.2, 0.25) is 0 Å². The van der Waals surface area contributed by atoms with E-state index in [0.717, 1.165) is 25.1 Å². The van der Waals surface area contributed by atoms with Crippen molar-refractivity contribution in [2.75, 3.05) is 18.5 Å². The minimum Gasteiger partial charge on any atom is -0.356 e. The number of nitrogens with zero attached hydrogens (tertiary/aromatic N) is 2. The molecule has 2 N–H and O–H groups in total. The molecule has 0 aromatic carbocycles. The summed E-state index contributed by atoms with van der Waals surface area (Å²) in [5.41, 5.74) is 6.87. The van der Waals surface area contributed by atoms with Gasteiger partial charge in [-0.3, -0.25) is 0 Å². The van der Waals surface area contributed by atoms with Crippen molar-refractivity contribution in [2.24, 2.45) is 5.73 Å². The number of nitrogens with two attached hydrogens (primary N) is 1. The third-order valence-corrected chi connectivity index (χ3v) is 3.11. The molecule has 0 atom stereocenters. The van der Waals surface area contributed by atoms with Crippen molar-refractivity contribution in [1.29, 1.82) is 0 Å². The van der Waals surface area contributed by atoms with Gasteiger partial charge in [-0.25, -0.2) is 4.98 Å². The lowest BCUT2D eigenvalue weighted by Gasteiger charge is -2.29. The molecule has 0 saturated carbocycles. The lowest BCUT2D eigenvalue weighted by molar-refractivity contribution is 0.584. The average molecular weight is 221 g/mol. The lowest BCUT2D eigenvalue weighted by Crippen LogP contribution is -2.32. The van der Waals surface area contributed by atoms with Crippen LogP contribution in [0.15, 0.2) is 18.3 Å². The molecular weight excluding hydrogens is 198 g/mol. The molecule has 1 heterocycles. The predicted octanol–water partition coefficient (Wildman–Crippen LogP) is 2.21. The maximum atomic E-state index is 5.62. The highest BCUT2D eigenvalue weighted by Crippen LogP contribution is 2.20. The molecule has 0 saturated heterocycles. The number of aromatic nitrogens is 1. The summed E-state index contributed by atoms with van der Waals surface area (Å²) in [4.78, 5) is 6.77. The largest absolute Gasteiger partial charge is 0.356 e. The highest BCUT2D eigenvalue weighted by Gasteiger charge is 2.14. The van der Waals surface area contributed by atoms with Gasteiger partial charge in [0, 0.05) is 19.3 Å². The first kappa shape index (κ1) is 13.0. The van der Waals surface area contributed by atoms with Gasteiger partial charge in [0.25, 0.3) is 0 Å². The van der Waals surface area contributed by atoms with Crippen LogP contribution in [0.25, 0.3) is 0 Å². The molecular formula is C13H23N3. The van der Waals surface area contributed by atoms with Crippen molar-refractivity contribution < 1.29 is 0 Å². The molecule has 0 fully saturated rings. The molecule has 0 bridgehead atoms. The van der Waals surface area contributed by atoms with E-state index in [0.29, 0.717) is 12.6 Å². The summed E-state index contributed by atoms with van der Waals surface area (Å²) >= 11 is 0. The van der Waals surface area contributed by atoms with Gasteiger partial charge >= 0.3 is 0 Å². The molecule has 1 aromatic heterocycles. The van der Waals surface area contributed by atoms with Crippen LogP contribution in [0.4, 0.5) is 5.82 Å². The fourth-order valence-corrected chi connectivity index (χ4v) is 2.11. The van der Waals surface area contributed by atoms with Crippen molar-refractivity contribution in [3.05, 3.63) is 23.9 Å². The van der Waals surface area contributed by atoms with Crippen LogP contribution in [0.3, 0.4) is 0 Å². The molecule has 1 aromatic rings. The molecule has 3 heteroatoms. The van der Waals surface area contributed by atoms with Gasteiger partial charge in [0.15, 0.2) is 0 Å². The molecule has 3 nitrogen and oxygen atoms in total. The van der Waals surface area contributed by atoms with Gasteiger partial charge in [-0.15, -0.1) is 0 Å². The van der Waals surface area contributed by atoms with Crippen molar-refractivity contribution in [1.82, 2.24) is 4.98 Å². The fraction of sp³-hybridized carbons (Fsp3) is 0.615. The Morgan fingerprint density at radius 2 is 2.06 bits per heavy atom. The normalized spacial score (nSPS) is 10.8. The maximum Gasteiger partial charge on any atom is 0.131 e. The van der Waals surface area contributed by atoms with Gasteiger partial charge in [-0.2, -0.15) is 0 Å². The summed E-state index contributed by atoms with van der Waals surface area (Å²) in [6, 6.07) is 4.66. The standard InChI is InChI=1S/C13H23N3/c1-4-12(5-2)16(3)13-11(8-9-14)7-6-10-15-13/h6-7,10,12H,4-5,8-9,14H2,1-3H3. The van der Waals surface area contributed by atoms with Crippen molar-refractivity contribution in [3.8, 4) is 0 Å². The van der Waals surface area contributed by atoms with Crippen LogP contribution >= 0.6 is 0 Å². The maximum absolute atomic E-state index is 5.62. The number of hydrogen-bond donors (Lipinski definition) is 1. The van der Waals surface area contributed by atoms with E-state index in [1.165, 1.54) is 5.56 Å². The second-order valence-electron chi connectivity index (χ2n) is 4.11. The van der Waals surface area contributed by atoms with Crippen LogP contribution < -0.4 is 10.6 Å². The van der Waals surface area contributed by atoms with E-state index in [1.807, 2.05) is 12.3 Å². The Morgan fingerprint density at radius 3 is 2.62 bits per heavy atom. The second-order valence-corrected chi connectivity index (χ2v) is 4.11. The molecule has 0 unspecified atom stereocenters. The number of anilines is 1. The zero-order valence-corrected chi connectivity index (χ0v) is 10.6. The van der Waals surface area contributed by atoms with Crippen LogP contribution in [0, 0.1) is 0 Å². The summed E-state index contributed by atoms with van der Waals surface area (Å²) in [7, 11) is 2.13. The summed E-state index contributed by atoms with van der Waals surface area (Å²) < 4.78 is 0. The van der Waals surface area contributed by atoms with Crippen LogP contribution in [-0.2, 0) is 6.42 Å². The topological polar surface area (TPSA) is 42.2 Å². The van der Waals surface area contributed by atoms with Gasteiger partial charge in [-0.05, 0) is 37.4 Å².